The van der Waals surface area contributed by atoms with Gasteiger partial charge in [0.05, 0.1) is 6.67 Å². The average Bonchev–Trinajstić information content (AvgIpc) is 2.17. The SMILES string of the molecule is Br.COCN1C=CN(C)C1. The molecule has 60 valence electrons. The largest absolute Gasteiger partial charge is 0.364 e. The molecule has 1 heterocycles. The molecule has 0 saturated carbocycles. The molecule has 1 aliphatic heterocycles. The molecule has 0 spiro atoms. The highest BCUT2D eigenvalue weighted by Crippen LogP contribution is 2.01. The fourth-order valence-corrected chi connectivity index (χ4v) is 0.839. The van der Waals surface area contributed by atoms with Crippen LogP contribution in [-0.4, -0.2) is 37.4 Å². The predicted octanol–water partition coefficient (Wildman–Crippen LogP) is 0.844. The first-order valence-electron chi connectivity index (χ1n) is 2.94. The van der Waals surface area contributed by atoms with Gasteiger partial charge >= 0.3 is 0 Å². The van der Waals surface area contributed by atoms with Crippen molar-refractivity contribution < 1.29 is 4.74 Å². The lowest BCUT2D eigenvalue weighted by molar-refractivity contribution is 0.0856. The molecule has 0 unspecified atom stereocenters. The van der Waals surface area contributed by atoms with Crippen LogP contribution < -0.4 is 0 Å². The van der Waals surface area contributed by atoms with Gasteiger partial charge in [0.1, 0.15) is 6.73 Å². The fourth-order valence-electron chi connectivity index (χ4n) is 0.839. The molecule has 10 heavy (non-hydrogen) atoms. The minimum absolute atomic E-state index is 0. The molecule has 0 aliphatic carbocycles. The van der Waals surface area contributed by atoms with Crippen LogP contribution in [0.3, 0.4) is 0 Å². The molecule has 0 amide bonds. The Labute approximate surface area is 72.0 Å². The quantitative estimate of drug-likeness (QED) is 0.670. The second-order valence-electron chi connectivity index (χ2n) is 2.20. The highest BCUT2D eigenvalue weighted by atomic mass is 79.9. The van der Waals surface area contributed by atoms with Crippen molar-refractivity contribution in [2.45, 2.75) is 0 Å². The zero-order valence-corrected chi connectivity index (χ0v) is 7.99. The lowest BCUT2D eigenvalue weighted by Gasteiger charge is -2.16. The summed E-state index contributed by atoms with van der Waals surface area (Å²) in [7, 11) is 3.73. The third kappa shape index (κ3) is 2.58. The van der Waals surface area contributed by atoms with Crippen LogP contribution in [0.1, 0.15) is 0 Å². The molecule has 0 bridgehead atoms. The van der Waals surface area contributed by atoms with Crippen molar-refractivity contribution >= 4 is 17.0 Å². The van der Waals surface area contributed by atoms with Crippen molar-refractivity contribution in [2.24, 2.45) is 0 Å². The molecule has 0 aromatic carbocycles. The van der Waals surface area contributed by atoms with E-state index in [0.29, 0.717) is 6.73 Å². The van der Waals surface area contributed by atoms with Gasteiger partial charge in [-0.3, -0.25) is 0 Å². The number of ether oxygens (including phenoxy) is 1. The smallest absolute Gasteiger partial charge is 0.119 e. The zero-order chi connectivity index (χ0) is 6.69. The normalized spacial score (nSPS) is 15.8. The Morgan fingerprint density at radius 3 is 2.60 bits per heavy atom. The maximum Gasteiger partial charge on any atom is 0.119 e. The molecule has 0 saturated heterocycles. The van der Waals surface area contributed by atoms with Crippen LogP contribution in [-0.2, 0) is 4.74 Å². The van der Waals surface area contributed by atoms with Crippen molar-refractivity contribution in [3.8, 4) is 0 Å². The van der Waals surface area contributed by atoms with E-state index in [9.17, 15) is 0 Å². The maximum atomic E-state index is 4.92. The van der Waals surface area contributed by atoms with Crippen molar-refractivity contribution in [3.05, 3.63) is 12.4 Å². The number of methoxy groups -OCH3 is 1. The second kappa shape index (κ2) is 4.57. The van der Waals surface area contributed by atoms with Crippen molar-refractivity contribution in [1.29, 1.82) is 0 Å². The Bertz CT molecular complexity index is 118. The van der Waals surface area contributed by atoms with Gasteiger partial charge in [0.2, 0.25) is 0 Å². The molecule has 0 N–H and O–H groups in total. The zero-order valence-electron chi connectivity index (χ0n) is 6.28. The monoisotopic (exact) mass is 208 g/mol. The summed E-state index contributed by atoms with van der Waals surface area (Å²) in [5.74, 6) is 0. The molecule has 0 atom stereocenters. The predicted molar refractivity (Wildman–Crippen MR) is 45.8 cm³/mol. The number of halogens is 1. The Balaban J connectivity index is 0.000000810. The lowest BCUT2D eigenvalue weighted by atomic mass is 10.8. The summed E-state index contributed by atoms with van der Waals surface area (Å²) < 4.78 is 4.92. The topological polar surface area (TPSA) is 15.7 Å². The van der Waals surface area contributed by atoms with E-state index in [0.717, 1.165) is 6.67 Å². The molecular formula is C6H13BrN2O. The standard InChI is InChI=1S/C6H12N2O.BrH/c1-7-3-4-8(5-7)6-9-2;/h3-4H,5-6H2,1-2H3;1H. The molecule has 1 rings (SSSR count). The van der Waals surface area contributed by atoms with Crippen LogP contribution in [0.15, 0.2) is 12.4 Å². The molecule has 3 nitrogen and oxygen atoms in total. The van der Waals surface area contributed by atoms with Gasteiger partial charge in [0, 0.05) is 26.6 Å². The van der Waals surface area contributed by atoms with E-state index in [1.54, 1.807) is 7.11 Å². The second-order valence-corrected chi connectivity index (χ2v) is 2.20. The van der Waals surface area contributed by atoms with Crippen LogP contribution >= 0.6 is 17.0 Å². The molecule has 0 aromatic rings. The molecule has 1 aliphatic rings. The highest BCUT2D eigenvalue weighted by molar-refractivity contribution is 8.93. The van der Waals surface area contributed by atoms with Crippen molar-refractivity contribution in [3.63, 3.8) is 0 Å². The van der Waals surface area contributed by atoms with Crippen LogP contribution in [0, 0.1) is 0 Å². The summed E-state index contributed by atoms with van der Waals surface area (Å²) in [5.41, 5.74) is 0. The Kier molecular flexibility index (Phi) is 4.47. The van der Waals surface area contributed by atoms with E-state index in [2.05, 4.69) is 9.80 Å². The lowest BCUT2D eigenvalue weighted by Crippen LogP contribution is -2.23. The minimum atomic E-state index is 0. The van der Waals surface area contributed by atoms with Crippen molar-refractivity contribution in [1.82, 2.24) is 9.80 Å². The van der Waals surface area contributed by atoms with Gasteiger partial charge in [-0.2, -0.15) is 0 Å². The van der Waals surface area contributed by atoms with Gasteiger partial charge in [-0.15, -0.1) is 17.0 Å². The van der Waals surface area contributed by atoms with Gasteiger partial charge < -0.3 is 14.5 Å². The molecule has 0 radical (unpaired) electrons. The number of hydrogen-bond acceptors (Lipinski definition) is 3. The van der Waals surface area contributed by atoms with Crippen LogP contribution in [0.2, 0.25) is 0 Å². The highest BCUT2D eigenvalue weighted by Gasteiger charge is 2.05. The van der Waals surface area contributed by atoms with Crippen LogP contribution in [0.25, 0.3) is 0 Å². The van der Waals surface area contributed by atoms with Gasteiger partial charge in [-0.1, -0.05) is 0 Å². The summed E-state index contributed by atoms with van der Waals surface area (Å²) in [5, 5.41) is 0. The van der Waals surface area contributed by atoms with Gasteiger partial charge in [0.15, 0.2) is 0 Å². The van der Waals surface area contributed by atoms with E-state index in [-0.39, 0.29) is 17.0 Å². The Morgan fingerprint density at radius 2 is 2.20 bits per heavy atom. The average molecular weight is 209 g/mol. The van der Waals surface area contributed by atoms with E-state index in [1.165, 1.54) is 0 Å². The molecule has 4 heteroatoms. The number of nitrogens with zero attached hydrogens (tertiary/aromatic N) is 2. The van der Waals surface area contributed by atoms with E-state index < -0.39 is 0 Å². The summed E-state index contributed by atoms with van der Waals surface area (Å²) in [4.78, 5) is 4.18. The third-order valence-corrected chi connectivity index (χ3v) is 1.23. The molecular weight excluding hydrogens is 196 g/mol. The maximum absolute atomic E-state index is 4.92. The first kappa shape index (κ1) is 9.78. The number of rotatable bonds is 2. The first-order chi connectivity index (χ1) is 4.33. The van der Waals surface area contributed by atoms with Gasteiger partial charge in [-0.25, -0.2) is 0 Å². The van der Waals surface area contributed by atoms with Gasteiger partial charge in [-0.05, 0) is 0 Å². The summed E-state index contributed by atoms with van der Waals surface area (Å²) in [6, 6.07) is 0. The Morgan fingerprint density at radius 1 is 1.50 bits per heavy atom. The summed E-state index contributed by atoms with van der Waals surface area (Å²) in [6.07, 6.45) is 4.04. The van der Waals surface area contributed by atoms with E-state index >= 15 is 0 Å². The summed E-state index contributed by atoms with van der Waals surface area (Å²) in [6.45, 7) is 1.62. The third-order valence-electron chi connectivity index (χ3n) is 1.23. The summed E-state index contributed by atoms with van der Waals surface area (Å²) >= 11 is 0. The van der Waals surface area contributed by atoms with E-state index in [4.69, 9.17) is 4.74 Å². The van der Waals surface area contributed by atoms with Crippen LogP contribution in [0.4, 0.5) is 0 Å². The minimum Gasteiger partial charge on any atom is -0.364 e. The molecule has 0 aromatic heterocycles. The van der Waals surface area contributed by atoms with Crippen LogP contribution in [0.5, 0.6) is 0 Å². The number of hydrogen-bond donors (Lipinski definition) is 0. The first-order valence-corrected chi connectivity index (χ1v) is 2.94. The van der Waals surface area contributed by atoms with Gasteiger partial charge in [0.25, 0.3) is 0 Å². The molecule has 0 fully saturated rings. The Hall–Kier alpha value is -0.220. The van der Waals surface area contributed by atoms with E-state index in [1.807, 2.05) is 19.4 Å². The van der Waals surface area contributed by atoms with Crippen molar-refractivity contribution in [2.75, 3.05) is 27.6 Å². The fraction of sp³-hybridized carbons (Fsp3) is 0.667.